The molecule has 3 aliphatic rings. The third kappa shape index (κ3) is 3.30. The Labute approximate surface area is 159 Å². The second-order valence-corrected chi connectivity index (χ2v) is 8.30. The van der Waals surface area contributed by atoms with Crippen molar-refractivity contribution in [2.24, 2.45) is 5.92 Å². The van der Waals surface area contributed by atoms with E-state index in [0.29, 0.717) is 5.69 Å². The van der Waals surface area contributed by atoms with Crippen LogP contribution in [-0.2, 0) is 0 Å². The molecule has 3 saturated heterocycles. The lowest BCUT2D eigenvalue weighted by Gasteiger charge is -2.33. The van der Waals surface area contributed by atoms with Crippen LogP contribution in [0.2, 0.25) is 0 Å². The maximum absolute atomic E-state index is 12.8. The van der Waals surface area contributed by atoms with Gasteiger partial charge in [-0.3, -0.25) is 4.79 Å². The fraction of sp³-hybridized carbons (Fsp3) is 0.600. The molecule has 1 unspecified atom stereocenters. The second-order valence-electron chi connectivity index (χ2n) is 8.30. The summed E-state index contributed by atoms with van der Waals surface area (Å²) in [5.74, 6) is 0.659. The topological polar surface area (TPSA) is 64.9 Å². The maximum Gasteiger partial charge on any atom is 0.270 e. The van der Waals surface area contributed by atoms with E-state index >= 15 is 0 Å². The van der Waals surface area contributed by atoms with Crippen LogP contribution in [0.25, 0.3) is 11.0 Å². The van der Waals surface area contributed by atoms with Crippen molar-refractivity contribution >= 4 is 22.6 Å². The fourth-order valence-electron chi connectivity index (χ4n) is 4.76. The highest BCUT2D eigenvalue weighted by atomic mass is 16.3. The average Bonchev–Trinajstić information content (AvgIpc) is 3.24. The van der Waals surface area contributed by atoms with Crippen LogP contribution in [0.4, 0.5) is 5.69 Å². The lowest BCUT2D eigenvalue weighted by molar-refractivity contribution is 0.0904. The molecule has 1 amide bonds. The Morgan fingerprint density at radius 2 is 2.07 bits per heavy atom. The zero-order valence-electron chi connectivity index (χ0n) is 15.9. The number of hydrogen-bond acceptors (Lipinski definition) is 6. The van der Waals surface area contributed by atoms with E-state index in [1.54, 1.807) is 12.5 Å². The number of likely N-dealkylation sites (N-methyl/N-ethyl adjacent to an activating group) is 1. The van der Waals surface area contributed by atoms with Crippen molar-refractivity contribution in [1.82, 2.24) is 20.1 Å². The lowest BCUT2D eigenvalue weighted by atomic mass is 9.97. The molecule has 1 N–H and O–H groups in total. The molecule has 2 aromatic rings. The van der Waals surface area contributed by atoms with Crippen LogP contribution >= 0.6 is 0 Å². The molecule has 0 saturated carbocycles. The zero-order valence-corrected chi connectivity index (χ0v) is 15.9. The Morgan fingerprint density at radius 1 is 1.22 bits per heavy atom. The van der Waals surface area contributed by atoms with Gasteiger partial charge >= 0.3 is 0 Å². The van der Waals surface area contributed by atoms with E-state index in [1.165, 1.54) is 19.5 Å². The van der Waals surface area contributed by atoms with Crippen molar-refractivity contribution in [2.45, 2.75) is 18.9 Å². The molecule has 27 heavy (non-hydrogen) atoms. The number of carbonyl (C=O) groups is 1. The largest absolute Gasteiger partial charge is 0.460 e. The average molecular weight is 369 g/mol. The van der Waals surface area contributed by atoms with Crippen LogP contribution in [0, 0.1) is 5.92 Å². The summed E-state index contributed by atoms with van der Waals surface area (Å²) >= 11 is 0. The fourth-order valence-corrected chi connectivity index (χ4v) is 4.76. The molecule has 5 rings (SSSR count). The van der Waals surface area contributed by atoms with E-state index in [1.807, 2.05) is 6.07 Å². The van der Waals surface area contributed by atoms with E-state index in [-0.39, 0.29) is 11.9 Å². The number of piperazine rings is 1. The van der Waals surface area contributed by atoms with Crippen molar-refractivity contribution in [1.29, 1.82) is 0 Å². The Balaban J connectivity index is 1.34. The minimum atomic E-state index is -0.0741. The number of rotatable bonds is 3. The Kier molecular flexibility index (Phi) is 4.28. The van der Waals surface area contributed by atoms with Crippen molar-refractivity contribution in [3.05, 3.63) is 24.2 Å². The monoisotopic (exact) mass is 369 g/mol. The standard InChI is InChI=1S/C20H27N5O2/c1-23-4-6-25(7-5-23)18-13-27-19-10-21-17(9-16(18)19)20(26)22-15-8-14-2-3-24(11-14)12-15/h9-10,13-15H,2-8,11-12H2,1H3,(H,22,26)/t14-,15-/m1/s1. The predicted octanol–water partition coefficient (Wildman–Crippen LogP) is 1.40. The smallest absolute Gasteiger partial charge is 0.270 e. The molecule has 144 valence electrons. The molecule has 0 radical (unpaired) electrons. The molecule has 2 bridgehead atoms. The third-order valence-corrected chi connectivity index (χ3v) is 6.32. The maximum atomic E-state index is 12.8. The molecule has 3 aliphatic heterocycles. The van der Waals surface area contributed by atoms with E-state index < -0.39 is 0 Å². The van der Waals surface area contributed by atoms with Crippen LogP contribution < -0.4 is 10.2 Å². The molecular weight excluding hydrogens is 342 g/mol. The van der Waals surface area contributed by atoms with E-state index in [2.05, 4.69) is 32.0 Å². The first kappa shape index (κ1) is 17.0. The number of furan rings is 1. The summed E-state index contributed by atoms with van der Waals surface area (Å²) in [6.45, 7) is 7.32. The summed E-state index contributed by atoms with van der Waals surface area (Å²) < 4.78 is 5.69. The summed E-state index contributed by atoms with van der Waals surface area (Å²) in [6.07, 6.45) is 5.83. The number of hydrogen-bond donors (Lipinski definition) is 1. The summed E-state index contributed by atoms with van der Waals surface area (Å²) in [7, 11) is 2.14. The van der Waals surface area contributed by atoms with Gasteiger partial charge in [0.1, 0.15) is 12.0 Å². The molecule has 7 nitrogen and oxygen atoms in total. The number of nitrogens with zero attached hydrogens (tertiary/aromatic N) is 4. The Bertz CT molecular complexity index is 830. The number of fused-ring (bicyclic) bond motifs is 3. The Hall–Kier alpha value is -2.12. The highest BCUT2D eigenvalue weighted by Crippen LogP contribution is 2.30. The number of amides is 1. The molecule has 5 heterocycles. The third-order valence-electron chi connectivity index (χ3n) is 6.32. The quantitative estimate of drug-likeness (QED) is 0.882. The minimum absolute atomic E-state index is 0.0741. The Morgan fingerprint density at radius 3 is 2.89 bits per heavy atom. The number of aromatic nitrogens is 1. The van der Waals surface area contributed by atoms with Gasteiger partial charge in [0, 0.05) is 50.7 Å². The van der Waals surface area contributed by atoms with Crippen LogP contribution in [0.3, 0.4) is 0 Å². The predicted molar refractivity (Wildman–Crippen MR) is 104 cm³/mol. The number of carbonyl (C=O) groups excluding carboxylic acids is 1. The molecular formula is C20H27N5O2. The minimum Gasteiger partial charge on any atom is -0.460 e. The highest BCUT2D eigenvalue weighted by molar-refractivity contribution is 5.99. The molecule has 7 heteroatoms. The summed E-state index contributed by atoms with van der Waals surface area (Å²) in [4.78, 5) is 24.3. The molecule has 3 fully saturated rings. The molecule has 0 aliphatic carbocycles. The molecule has 2 aromatic heterocycles. The molecule has 0 spiro atoms. The van der Waals surface area contributed by atoms with Gasteiger partial charge in [-0.2, -0.15) is 0 Å². The van der Waals surface area contributed by atoms with Crippen LogP contribution in [0.1, 0.15) is 23.3 Å². The van der Waals surface area contributed by atoms with E-state index in [4.69, 9.17) is 4.42 Å². The van der Waals surface area contributed by atoms with Crippen molar-refractivity contribution in [3.8, 4) is 0 Å². The van der Waals surface area contributed by atoms with Gasteiger partial charge in [0.05, 0.1) is 11.9 Å². The number of nitrogens with one attached hydrogen (secondary N) is 1. The van der Waals surface area contributed by atoms with Crippen LogP contribution in [0.5, 0.6) is 0 Å². The number of piperidine rings is 1. The first-order chi connectivity index (χ1) is 13.2. The summed E-state index contributed by atoms with van der Waals surface area (Å²) in [5.41, 5.74) is 2.28. The highest BCUT2D eigenvalue weighted by Gasteiger charge is 2.33. The van der Waals surface area contributed by atoms with Crippen molar-refractivity contribution < 1.29 is 9.21 Å². The molecule has 3 atom stereocenters. The van der Waals surface area contributed by atoms with Gasteiger partial charge in [-0.05, 0) is 38.4 Å². The first-order valence-corrected chi connectivity index (χ1v) is 9.99. The van der Waals surface area contributed by atoms with Gasteiger partial charge in [0.25, 0.3) is 5.91 Å². The zero-order chi connectivity index (χ0) is 18.4. The number of pyridine rings is 1. The second kappa shape index (κ2) is 6.80. The first-order valence-electron chi connectivity index (χ1n) is 9.99. The van der Waals surface area contributed by atoms with E-state index in [0.717, 1.165) is 61.7 Å². The van der Waals surface area contributed by atoms with Gasteiger partial charge in [-0.1, -0.05) is 0 Å². The summed E-state index contributed by atoms with van der Waals surface area (Å²) in [6, 6.07) is 2.12. The van der Waals surface area contributed by atoms with Crippen molar-refractivity contribution in [2.75, 3.05) is 57.8 Å². The summed E-state index contributed by atoms with van der Waals surface area (Å²) in [5, 5.41) is 4.18. The number of anilines is 1. The van der Waals surface area contributed by atoms with Crippen LogP contribution in [-0.4, -0.2) is 79.6 Å². The van der Waals surface area contributed by atoms with E-state index in [9.17, 15) is 4.79 Å². The van der Waals surface area contributed by atoms with Gasteiger partial charge in [-0.25, -0.2) is 4.98 Å². The molecule has 0 aromatic carbocycles. The van der Waals surface area contributed by atoms with Gasteiger partial charge in [0.15, 0.2) is 5.58 Å². The van der Waals surface area contributed by atoms with Gasteiger partial charge in [-0.15, -0.1) is 0 Å². The van der Waals surface area contributed by atoms with Crippen LogP contribution in [0.15, 0.2) is 22.9 Å². The SMILES string of the molecule is CN1CCN(c2coc3cnc(C(=O)N[C@@H]4C[C@H]5CCN(C5)C4)cc23)CC1. The lowest BCUT2D eigenvalue weighted by Crippen LogP contribution is -2.47. The van der Waals surface area contributed by atoms with Gasteiger partial charge < -0.3 is 24.4 Å². The van der Waals surface area contributed by atoms with Crippen molar-refractivity contribution in [3.63, 3.8) is 0 Å². The normalized spacial score (nSPS) is 28.6. The van der Waals surface area contributed by atoms with Gasteiger partial charge in [0.2, 0.25) is 0 Å².